The van der Waals surface area contributed by atoms with Gasteiger partial charge in [0.25, 0.3) is 5.91 Å². The van der Waals surface area contributed by atoms with Crippen molar-refractivity contribution in [3.8, 4) is 0 Å². The van der Waals surface area contributed by atoms with Crippen LogP contribution in [0.5, 0.6) is 0 Å². The average Bonchev–Trinajstić information content (AvgIpc) is 3.50. The summed E-state index contributed by atoms with van der Waals surface area (Å²) in [7, 11) is 0. The summed E-state index contributed by atoms with van der Waals surface area (Å²) in [5, 5.41) is 12.4. The van der Waals surface area contributed by atoms with E-state index in [1.54, 1.807) is 23.1 Å². The normalized spacial score (nSPS) is 18.4. The topological polar surface area (TPSA) is 106 Å². The Labute approximate surface area is 262 Å². The number of hydrogen-bond acceptors (Lipinski definition) is 9. The molecule has 3 atom stereocenters. The van der Waals surface area contributed by atoms with Gasteiger partial charge in [-0.2, -0.15) is 0 Å². The molecule has 8 nitrogen and oxygen atoms in total. The van der Waals surface area contributed by atoms with Crippen LogP contribution < -0.4 is 5.32 Å². The third-order valence-electron chi connectivity index (χ3n) is 7.40. The summed E-state index contributed by atoms with van der Waals surface area (Å²) in [5.74, 6) is 0.394. The third-order valence-corrected chi connectivity index (χ3v) is 9.72. The number of aliphatic hydroxyl groups excluding tert-OH is 1. The first-order chi connectivity index (χ1) is 21.6. The maximum atomic E-state index is 12.9. The molecule has 3 heterocycles. The van der Waals surface area contributed by atoms with E-state index in [0.29, 0.717) is 17.6 Å². The van der Waals surface area contributed by atoms with Gasteiger partial charge >= 0.3 is 0 Å². The number of carbonyl (C=O) groups is 1. The highest BCUT2D eigenvalue weighted by molar-refractivity contribution is 8.01. The van der Waals surface area contributed by atoms with Gasteiger partial charge in [0, 0.05) is 23.4 Å². The minimum Gasteiger partial charge on any atom is -0.392 e. The van der Waals surface area contributed by atoms with Crippen molar-refractivity contribution < 1.29 is 19.4 Å². The zero-order valence-electron chi connectivity index (χ0n) is 23.5. The number of ether oxygens (including phenoxy) is 2. The predicted molar refractivity (Wildman–Crippen MR) is 173 cm³/mol. The Hall–Kier alpha value is -4.19. The first kappa shape index (κ1) is 28.6. The molecule has 1 fully saturated rings. The Morgan fingerprint density at radius 2 is 1.59 bits per heavy atom. The number of carbonyl (C=O) groups excluding carboxylic acids is 1. The molecule has 0 radical (unpaired) electrons. The summed E-state index contributed by atoms with van der Waals surface area (Å²) in [4.78, 5) is 26.4. The molecule has 0 bridgehead atoms. The third kappa shape index (κ3) is 6.35. The fourth-order valence-electron chi connectivity index (χ4n) is 5.09. The van der Waals surface area contributed by atoms with E-state index in [-0.39, 0.29) is 30.4 Å². The minimum atomic E-state index is -0.594. The summed E-state index contributed by atoms with van der Waals surface area (Å²) >= 11 is 3.38. The molecule has 1 aliphatic rings. The number of hydrogen-bond donors (Lipinski definition) is 2. The van der Waals surface area contributed by atoms with Gasteiger partial charge in [-0.1, -0.05) is 72.4 Å². The smallest absolute Gasteiger partial charge is 0.275 e. The zero-order chi connectivity index (χ0) is 29.9. The molecule has 44 heavy (non-hydrogen) atoms. The van der Waals surface area contributed by atoms with Crippen molar-refractivity contribution in [1.29, 1.82) is 0 Å². The Bertz CT molecular complexity index is 1880. The highest BCUT2D eigenvalue weighted by Crippen LogP contribution is 2.40. The number of benzene rings is 4. The molecule has 4 aromatic carbocycles. The van der Waals surface area contributed by atoms with E-state index in [2.05, 4.69) is 21.4 Å². The fraction of sp³-hybridized carbons (Fsp3) is 0.176. The van der Waals surface area contributed by atoms with Gasteiger partial charge in [-0.15, -0.1) is 11.3 Å². The summed E-state index contributed by atoms with van der Waals surface area (Å²) in [6, 6.07) is 30.9. The number of rotatable bonds is 8. The number of fused-ring (bicyclic) bond motifs is 2. The zero-order valence-corrected chi connectivity index (χ0v) is 25.1. The number of nitrogens with one attached hydrogen (secondary N) is 1. The molecule has 0 unspecified atom stereocenters. The monoisotopic (exact) mass is 620 g/mol. The van der Waals surface area contributed by atoms with E-state index in [9.17, 15) is 9.90 Å². The van der Waals surface area contributed by atoms with Crippen LogP contribution >= 0.6 is 23.1 Å². The Kier molecular flexibility index (Phi) is 8.32. The van der Waals surface area contributed by atoms with Gasteiger partial charge in [-0.25, -0.2) is 9.97 Å². The average molecular weight is 621 g/mol. The molecule has 1 amide bonds. The van der Waals surface area contributed by atoms with Crippen molar-refractivity contribution in [1.82, 2.24) is 15.0 Å². The molecular formula is C34H28N4O4S2. The summed E-state index contributed by atoms with van der Waals surface area (Å²) in [5.41, 5.74) is 6.02. The van der Waals surface area contributed by atoms with Crippen LogP contribution in [0.4, 0.5) is 5.69 Å². The number of anilines is 1. The lowest BCUT2D eigenvalue weighted by Crippen LogP contribution is -2.31. The van der Waals surface area contributed by atoms with E-state index in [1.165, 1.54) is 10.9 Å². The van der Waals surface area contributed by atoms with Crippen molar-refractivity contribution in [3.05, 3.63) is 126 Å². The van der Waals surface area contributed by atoms with Crippen LogP contribution in [0.1, 0.15) is 46.0 Å². The van der Waals surface area contributed by atoms with Gasteiger partial charge < -0.3 is 19.9 Å². The number of amides is 1. The van der Waals surface area contributed by atoms with Crippen molar-refractivity contribution in [2.75, 3.05) is 11.1 Å². The second kappa shape index (κ2) is 12.8. The van der Waals surface area contributed by atoms with Gasteiger partial charge in [0.2, 0.25) is 0 Å². The number of thioether (sulfide) groups is 1. The highest BCUT2D eigenvalue weighted by atomic mass is 32.2. The molecule has 220 valence electrons. The van der Waals surface area contributed by atoms with Crippen molar-refractivity contribution in [2.45, 2.75) is 35.9 Å². The molecule has 0 saturated carbocycles. The second-order valence-corrected chi connectivity index (χ2v) is 12.7. The molecule has 6 aromatic rings. The van der Waals surface area contributed by atoms with E-state index in [0.717, 1.165) is 37.8 Å². The largest absolute Gasteiger partial charge is 0.392 e. The van der Waals surface area contributed by atoms with Gasteiger partial charge in [0.15, 0.2) is 10.6 Å². The van der Waals surface area contributed by atoms with Gasteiger partial charge in [0.05, 0.1) is 46.3 Å². The Morgan fingerprint density at radius 1 is 0.864 bits per heavy atom. The van der Waals surface area contributed by atoms with Crippen LogP contribution in [0.25, 0.3) is 21.3 Å². The highest BCUT2D eigenvalue weighted by Gasteiger charge is 2.32. The molecule has 0 spiro atoms. The van der Waals surface area contributed by atoms with Crippen LogP contribution in [0.3, 0.4) is 0 Å². The van der Waals surface area contributed by atoms with Crippen LogP contribution in [-0.2, 0) is 16.1 Å². The van der Waals surface area contributed by atoms with Gasteiger partial charge in [0.1, 0.15) is 5.69 Å². The molecular weight excluding hydrogens is 593 g/mol. The number of nitrogens with zero attached hydrogens (tertiary/aromatic N) is 3. The Balaban J connectivity index is 1.07. The molecule has 10 heteroatoms. The maximum absolute atomic E-state index is 12.9. The standard InChI is InChI=1S/C34H28N4O4S2/c39-19-21-9-11-22(12-10-21)30-17-25(20-43-34-38-28-7-3-4-8-31(28)44-34)41-33(42-30)23-13-15-24(16-14-23)36-32(40)29-18-35-26-5-1-2-6-27(26)37-29/h1-16,18,25,30,33,39H,17,19-20H2,(H,36,40)/t25-,30+,33+/m1/s1. The summed E-state index contributed by atoms with van der Waals surface area (Å²) < 4.78 is 15.1. The lowest BCUT2D eigenvalue weighted by molar-refractivity contribution is -0.245. The summed E-state index contributed by atoms with van der Waals surface area (Å²) in [6.45, 7) is -0.00466. The van der Waals surface area contributed by atoms with E-state index in [1.807, 2.05) is 91.0 Å². The van der Waals surface area contributed by atoms with E-state index in [4.69, 9.17) is 14.5 Å². The van der Waals surface area contributed by atoms with Crippen molar-refractivity contribution in [3.63, 3.8) is 0 Å². The molecule has 7 rings (SSSR count). The SMILES string of the molecule is O=C(Nc1ccc([C@H]2O[C@@H](CSc3nc4ccccc4s3)C[C@@H](c3ccc(CO)cc3)O2)cc1)c1cnc2ccccc2n1. The molecule has 1 aliphatic heterocycles. The van der Waals surface area contributed by atoms with Crippen LogP contribution in [0.15, 0.2) is 108 Å². The first-order valence-corrected chi connectivity index (χ1v) is 16.0. The Morgan fingerprint density at radius 3 is 2.36 bits per heavy atom. The van der Waals surface area contributed by atoms with Crippen molar-refractivity contribution in [2.24, 2.45) is 0 Å². The lowest BCUT2D eigenvalue weighted by Gasteiger charge is -2.36. The molecule has 1 saturated heterocycles. The van der Waals surface area contributed by atoms with Crippen LogP contribution in [0.2, 0.25) is 0 Å². The van der Waals surface area contributed by atoms with Crippen molar-refractivity contribution >= 4 is 55.9 Å². The number of para-hydroxylation sites is 3. The van der Waals surface area contributed by atoms with E-state index >= 15 is 0 Å². The fourth-order valence-corrected chi connectivity index (χ4v) is 7.20. The summed E-state index contributed by atoms with van der Waals surface area (Å²) in [6.07, 6.45) is 1.30. The number of aromatic nitrogens is 3. The van der Waals surface area contributed by atoms with Gasteiger partial charge in [-0.05, 0) is 47.5 Å². The van der Waals surface area contributed by atoms with Gasteiger partial charge in [-0.3, -0.25) is 9.78 Å². The lowest BCUT2D eigenvalue weighted by atomic mass is 10.0. The first-order valence-electron chi connectivity index (χ1n) is 14.2. The number of aliphatic hydroxyl groups is 1. The van der Waals surface area contributed by atoms with Crippen LogP contribution in [-0.4, -0.2) is 37.8 Å². The predicted octanol–water partition coefficient (Wildman–Crippen LogP) is 7.32. The van der Waals surface area contributed by atoms with Crippen LogP contribution in [0, 0.1) is 0 Å². The molecule has 0 aliphatic carbocycles. The van der Waals surface area contributed by atoms with E-state index < -0.39 is 6.29 Å². The maximum Gasteiger partial charge on any atom is 0.275 e. The molecule has 2 N–H and O–H groups in total. The minimum absolute atomic E-state index is 0.00466. The quantitative estimate of drug-likeness (QED) is 0.171. The number of thiazole rings is 1. The second-order valence-electron chi connectivity index (χ2n) is 10.4. The molecule has 2 aromatic heterocycles.